The van der Waals surface area contributed by atoms with Crippen molar-refractivity contribution >= 4 is 18.3 Å². The van der Waals surface area contributed by atoms with Crippen LogP contribution in [0, 0.1) is 0 Å². The standard InChI is InChI=1S/C10H16BNO3/c1-2-3-7-15-9-6-4-5-8(10(9)12)11(13)14/h4-6,13-14H,2-3,7,12H2,1H3. The smallest absolute Gasteiger partial charge is 0.490 e. The maximum absolute atomic E-state index is 9.02. The highest BCUT2D eigenvalue weighted by atomic mass is 16.5. The van der Waals surface area contributed by atoms with E-state index in [0.29, 0.717) is 18.0 Å². The highest BCUT2D eigenvalue weighted by Gasteiger charge is 2.16. The van der Waals surface area contributed by atoms with Crippen molar-refractivity contribution in [2.24, 2.45) is 0 Å². The van der Waals surface area contributed by atoms with Gasteiger partial charge < -0.3 is 20.5 Å². The van der Waals surface area contributed by atoms with Gasteiger partial charge in [0.25, 0.3) is 0 Å². The molecule has 1 rings (SSSR count). The number of unbranched alkanes of at least 4 members (excludes halogenated alkanes) is 1. The van der Waals surface area contributed by atoms with E-state index in [1.54, 1.807) is 18.2 Å². The number of rotatable bonds is 5. The Balaban J connectivity index is 2.75. The van der Waals surface area contributed by atoms with Gasteiger partial charge in [-0.3, -0.25) is 0 Å². The Morgan fingerprint density at radius 1 is 1.40 bits per heavy atom. The summed E-state index contributed by atoms with van der Waals surface area (Å²) in [6.07, 6.45) is 1.99. The third kappa shape index (κ3) is 3.14. The first-order valence-electron chi connectivity index (χ1n) is 5.04. The van der Waals surface area contributed by atoms with Gasteiger partial charge in [0, 0.05) is 5.46 Å². The molecule has 0 fully saturated rings. The molecule has 0 aliphatic heterocycles. The Morgan fingerprint density at radius 3 is 2.73 bits per heavy atom. The topological polar surface area (TPSA) is 75.7 Å². The predicted octanol–water partition coefficient (Wildman–Crippen LogP) is 0.128. The van der Waals surface area contributed by atoms with Gasteiger partial charge in [0.1, 0.15) is 5.75 Å². The average molecular weight is 209 g/mol. The van der Waals surface area contributed by atoms with Crippen LogP contribution in [0.25, 0.3) is 0 Å². The highest BCUT2D eigenvalue weighted by Crippen LogP contribution is 2.18. The van der Waals surface area contributed by atoms with Gasteiger partial charge in [-0.2, -0.15) is 0 Å². The van der Waals surface area contributed by atoms with Crippen molar-refractivity contribution in [1.82, 2.24) is 0 Å². The van der Waals surface area contributed by atoms with E-state index in [2.05, 4.69) is 6.92 Å². The van der Waals surface area contributed by atoms with Crippen molar-refractivity contribution in [1.29, 1.82) is 0 Å². The Morgan fingerprint density at radius 2 is 2.13 bits per heavy atom. The van der Waals surface area contributed by atoms with Gasteiger partial charge in [0.15, 0.2) is 0 Å². The van der Waals surface area contributed by atoms with Crippen LogP contribution in [0.15, 0.2) is 18.2 Å². The van der Waals surface area contributed by atoms with Gasteiger partial charge in [0.2, 0.25) is 0 Å². The van der Waals surface area contributed by atoms with E-state index in [0.717, 1.165) is 12.8 Å². The molecule has 82 valence electrons. The third-order valence-electron chi connectivity index (χ3n) is 2.13. The van der Waals surface area contributed by atoms with Crippen molar-refractivity contribution in [3.05, 3.63) is 18.2 Å². The largest absolute Gasteiger partial charge is 0.491 e. The molecule has 0 radical (unpaired) electrons. The zero-order valence-electron chi connectivity index (χ0n) is 8.81. The van der Waals surface area contributed by atoms with Crippen molar-refractivity contribution in [2.75, 3.05) is 12.3 Å². The number of hydrogen-bond acceptors (Lipinski definition) is 4. The zero-order chi connectivity index (χ0) is 11.3. The maximum Gasteiger partial charge on any atom is 0.490 e. The van der Waals surface area contributed by atoms with E-state index in [1.165, 1.54) is 0 Å². The first kappa shape index (κ1) is 11.9. The zero-order valence-corrected chi connectivity index (χ0v) is 8.81. The van der Waals surface area contributed by atoms with Crippen molar-refractivity contribution < 1.29 is 14.8 Å². The summed E-state index contributed by atoms with van der Waals surface area (Å²) in [5, 5.41) is 18.0. The van der Waals surface area contributed by atoms with Crippen LogP contribution in [-0.2, 0) is 0 Å². The van der Waals surface area contributed by atoms with Crippen LogP contribution in [-0.4, -0.2) is 23.8 Å². The molecule has 0 saturated heterocycles. The number of hydrogen-bond donors (Lipinski definition) is 3. The van der Waals surface area contributed by atoms with Crippen LogP contribution in [0.2, 0.25) is 0 Å². The Kier molecular flexibility index (Phi) is 4.46. The summed E-state index contributed by atoms with van der Waals surface area (Å²) >= 11 is 0. The molecule has 5 heteroatoms. The lowest BCUT2D eigenvalue weighted by Crippen LogP contribution is -2.32. The molecule has 0 aliphatic rings. The number of benzene rings is 1. The Bertz CT molecular complexity index is 318. The molecule has 4 N–H and O–H groups in total. The van der Waals surface area contributed by atoms with Gasteiger partial charge >= 0.3 is 7.12 Å². The lowest BCUT2D eigenvalue weighted by atomic mass is 9.79. The molecular weight excluding hydrogens is 193 g/mol. The van der Waals surface area contributed by atoms with Crippen LogP contribution < -0.4 is 15.9 Å². The Labute approximate surface area is 89.8 Å². The number of anilines is 1. The fraction of sp³-hybridized carbons (Fsp3) is 0.400. The summed E-state index contributed by atoms with van der Waals surface area (Å²) in [6.45, 7) is 2.66. The highest BCUT2D eigenvalue weighted by molar-refractivity contribution is 6.60. The summed E-state index contributed by atoms with van der Waals surface area (Å²) in [5.74, 6) is 0.508. The number of para-hydroxylation sites is 1. The normalized spacial score (nSPS) is 10.1. The minimum atomic E-state index is -1.56. The molecule has 4 nitrogen and oxygen atoms in total. The summed E-state index contributed by atoms with van der Waals surface area (Å²) in [4.78, 5) is 0. The van der Waals surface area contributed by atoms with Crippen LogP contribution in [0.5, 0.6) is 5.75 Å². The lowest BCUT2D eigenvalue weighted by molar-refractivity contribution is 0.311. The second-order valence-electron chi connectivity index (χ2n) is 3.33. The summed E-state index contributed by atoms with van der Waals surface area (Å²) < 4.78 is 5.42. The minimum Gasteiger partial charge on any atom is -0.491 e. The maximum atomic E-state index is 9.02. The van der Waals surface area contributed by atoms with Crippen LogP contribution >= 0.6 is 0 Å². The number of ether oxygens (including phenoxy) is 1. The van der Waals surface area contributed by atoms with Gasteiger partial charge in [0.05, 0.1) is 12.3 Å². The fourth-order valence-corrected chi connectivity index (χ4v) is 1.24. The van der Waals surface area contributed by atoms with E-state index in [9.17, 15) is 0 Å². The molecule has 0 aromatic heterocycles. The SMILES string of the molecule is CCCCOc1cccc(B(O)O)c1N. The van der Waals surface area contributed by atoms with Gasteiger partial charge in [-0.25, -0.2) is 0 Å². The second kappa shape index (κ2) is 5.63. The minimum absolute atomic E-state index is 0.281. The molecule has 0 aliphatic carbocycles. The summed E-state index contributed by atoms with van der Waals surface area (Å²) in [7, 11) is -1.56. The summed E-state index contributed by atoms with van der Waals surface area (Å²) in [5.41, 5.74) is 6.30. The number of nitrogen functional groups attached to an aromatic ring is 1. The molecule has 0 saturated carbocycles. The van der Waals surface area contributed by atoms with Crippen molar-refractivity contribution in [2.45, 2.75) is 19.8 Å². The molecule has 0 atom stereocenters. The second-order valence-corrected chi connectivity index (χ2v) is 3.33. The van der Waals surface area contributed by atoms with Gasteiger partial charge in [-0.15, -0.1) is 0 Å². The molecule has 0 heterocycles. The average Bonchev–Trinajstić information content (AvgIpc) is 2.20. The summed E-state index contributed by atoms with van der Waals surface area (Å²) in [6, 6.07) is 4.97. The van der Waals surface area contributed by atoms with E-state index < -0.39 is 7.12 Å². The van der Waals surface area contributed by atoms with E-state index >= 15 is 0 Å². The first-order chi connectivity index (χ1) is 7.16. The van der Waals surface area contributed by atoms with Crippen molar-refractivity contribution in [3.8, 4) is 5.75 Å². The van der Waals surface area contributed by atoms with Gasteiger partial charge in [-0.1, -0.05) is 25.5 Å². The predicted molar refractivity (Wildman–Crippen MR) is 61.1 cm³/mol. The van der Waals surface area contributed by atoms with Crippen LogP contribution in [0.4, 0.5) is 5.69 Å². The quantitative estimate of drug-likeness (QED) is 0.366. The molecule has 1 aromatic rings. The third-order valence-corrected chi connectivity index (χ3v) is 2.13. The van der Waals surface area contributed by atoms with E-state index in [-0.39, 0.29) is 5.46 Å². The van der Waals surface area contributed by atoms with Crippen LogP contribution in [0.3, 0.4) is 0 Å². The van der Waals surface area contributed by atoms with Crippen LogP contribution in [0.1, 0.15) is 19.8 Å². The van der Waals surface area contributed by atoms with Crippen molar-refractivity contribution in [3.63, 3.8) is 0 Å². The van der Waals surface area contributed by atoms with E-state index in [4.69, 9.17) is 20.5 Å². The molecule has 15 heavy (non-hydrogen) atoms. The molecular formula is C10H16BNO3. The molecule has 1 aromatic carbocycles. The lowest BCUT2D eigenvalue weighted by Gasteiger charge is -2.11. The molecule has 0 unspecified atom stereocenters. The fourth-order valence-electron chi connectivity index (χ4n) is 1.24. The number of nitrogens with two attached hydrogens (primary N) is 1. The molecule has 0 bridgehead atoms. The molecule has 0 amide bonds. The van der Waals surface area contributed by atoms with E-state index in [1.807, 2.05) is 0 Å². The molecule has 0 spiro atoms. The van der Waals surface area contributed by atoms with Gasteiger partial charge in [-0.05, 0) is 12.5 Å². The Hall–Kier alpha value is -1.20. The monoisotopic (exact) mass is 209 g/mol. The first-order valence-corrected chi connectivity index (χ1v) is 5.04.